The zero-order valence-corrected chi connectivity index (χ0v) is 16.3. The highest BCUT2D eigenvalue weighted by Crippen LogP contribution is 2.39. The molecule has 0 bridgehead atoms. The third-order valence-electron chi connectivity index (χ3n) is 5.26. The number of sulfonamides is 1. The molecule has 1 fully saturated rings. The Hall–Kier alpha value is -1.77. The minimum Gasteiger partial charge on any atom is -0.469 e. The average molecular weight is 397 g/mol. The molecular formula is C19H27NO6S. The van der Waals surface area contributed by atoms with Gasteiger partial charge in [0, 0.05) is 6.42 Å². The second-order valence-electron chi connectivity index (χ2n) is 7.25. The Morgan fingerprint density at radius 2 is 1.96 bits per heavy atom. The van der Waals surface area contributed by atoms with E-state index in [4.69, 9.17) is 5.14 Å². The van der Waals surface area contributed by atoms with Crippen molar-refractivity contribution in [3.05, 3.63) is 29.8 Å². The third-order valence-corrected chi connectivity index (χ3v) is 6.17. The number of aryl methyl sites for hydroxylation is 1. The molecule has 1 aliphatic rings. The lowest BCUT2D eigenvalue weighted by atomic mass is 9.77. The molecule has 1 aromatic carbocycles. The lowest BCUT2D eigenvalue weighted by Crippen LogP contribution is -2.40. The van der Waals surface area contributed by atoms with Crippen LogP contribution in [0.4, 0.5) is 0 Å². The fourth-order valence-electron chi connectivity index (χ4n) is 3.78. The van der Waals surface area contributed by atoms with E-state index in [9.17, 15) is 23.1 Å². The maximum Gasteiger partial charge on any atom is 0.313 e. The second kappa shape index (κ2) is 8.95. The van der Waals surface area contributed by atoms with Crippen LogP contribution in [0.15, 0.2) is 29.2 Å². The second-order valence-corrected chi connectivity index (χ2v) is 8.81. The van der Waals surface area contributed by atoms with Gasteiger partial charge in [-0.15, -0.1) is 0 Å². The summed E-state index contributed by atoms with van der Waals surface area (Å²) < 4.78 is 27.5. The molecule has 27 heavy (non-hydrogen) atoms. The molecule has 0 spiro atoms. The van der Waals surface area contributed by atoms with Crippen LogP contribution in [0, 0.1) is 5.92 Å². The maximum absolute atomic E-state index is 12.2. The first-order valence-corrected chi connectivity index (χ1v) is 10.6. The summed E-state index contributed by atoms with van der Waals surface area (Å²) in [6.07, 6.45) is 3.91. The molecule has 0 radical (unpaired) electrons. The highest BCUT2D eigenvalue weighted by Gasteiger charge is 2.39. The third kappa shape index (κ3) is 6.12. The Bertz CT molecular complexity index is 785. The van der Waals surface area contributed by atoms with Gasteiger partial charge < -0.3 is 9.84 Å². The summed E-state index contributed by atoms with van der Waals surface area (Å²) in [7, 11) is -2.58. The summed E-state index contributed by atoms with van der Waals surface area (Å²) in [5.74, 6) is -0.982. The lowest BCUT2D eigenvalue weighted by molar-refractivity contribution is -0.145. The predicted molar refractivity (Wildman–Crippen MR) is 99.3 cm³/mol. The fourth-order valence-corrected chi connectivity index (χ4v) is 4.36. The summed E-state index contributed by atoms with van der Waals surface area (Å²) in [5, 5.41) is 16.4. The number of hydrogen-bond acceptors (Lipinski definition) is 6. The van der Waals surface area contributed by atoms with Gasteiger partial charge in [-0.1, -0.05) is 25.0 Å². The number of carbonyl (C=O) groups excluding carboxylic acids is 2. The number of methoxy groups -OCH3 is 1. The van der Waals surface area contributed by atoms with E-state index in [2.05, 4.69) is 4.74 Å². The van der Waals surface area contributed by atoms with Crippen molar-refractivity contribution in [3.63, 3.8) is 0 Å². The molecule has 150 valence electrons. The first-order chi connectivity index (χ1) is 12.6. The maximum atomic E-state index is 12.2. The molecule has 7 nitrogen and oxygen atoms in total. The molecule has 0 heterocycles. The van der Waals surface area contributed by atoms with E-state index in [-0.39, 0.29) is 29.4 Å². The van der Waals surface area contributed by atoms with Gasteiger partial charge in [-0.3, -0.25) is 9.59 Å². The number of benzene rings is 1. The molecule has 0 aromatic heterocycles. The summed E-state index contributed by atoms with van der Waals surface area (Å²) >= 11 is 0. The van der Waals surface area contributed by atoms with Gasteiger partial charge in [0.05, 0.1) is 17.6 Å². The molecule has 8 heteroatoms. The van der Waals surface area contributed by atoms with E-state index in [1.54, 1.807) is 12.1 Å². The molecular weight excluding hydrogens is 370 g/mol. The van der Waals surface area contributed by atoms with Crippen LogP contribution in [0.2, 0.25) is 0 Å². The SMILES string of the molecule is COC(=O)CC(=O)CC(O)(CCc1cccc(S(N)(=O)=O)c1)C1CCCC1. The molecule has 1 aromatic rings. The first-order valence-electron chi connectivity index (χ1n) is 9.07. The molecule has 0 saturated heterocycles. The van der Waals surface area contributed by atoms with E-state index < -0.39 is 21.6 Å². The van der Waals surface area contributed by atoms with Crippen LogP contribution in [0.3, 0.4) is 0 Å². The van der Waals surface area contributed by atoms with Crippen LogP contribution in [0.1, 0.15) is 50.5 Å². The largest absolute Gasteiger partial charge is 0.469 e. The lowest BCUT2D eigenvalue weighted by Gasteiger charge is -2.34. The molecule has 1 atom stereocenters. The van der Waals surface area contributed by atoms with Crippen molar-refractivity contribution >= 4 is 21.8 Å². The van der Waals surface area contributed by atoms with E-state index in [1.165, 1.54) is 19.2 Å². The molecule has 2 rings (SSSR count). The number of ether oxygens (including phenoxy) is 1. The molecule has 1 aliphatic carbocycles. The zero-order chi connectivity index (χ0) is 20.1. The van der Waals surface area contributed by atoms with Crippen LogP contribution < -0.4 is 5.14 Å². The number of ketones is 1. The standard InChI is InChI=1S/C19H27NO6S/c1-26-18(22)12-16(21)13-19(23,15-6-2-3-7-15)10-9-14-5-4-8-17(11-14)27(20,24)25/h4-5,8,11,15,23H,2-3,6-7,9-10,12-13H2,1H3,(H2,20,24,25). The Labute approximate surface area is 160 Å². The van der Waals surface area contributed by atoms with Gasteiger partial charge in [0.2, 0.25) is 10.0 Å². The summed E-state index contributed by atoms with van der Waals surface area (Å²) in [4.78, 5) is 23.6. The van der Waals surface area contributed by atoms with Gasteiger partial charge in [-0.05, 0) is 49.3 Å². The van der Waals surface area contributed by atoms with Gasteiger partial charge in [0.25, 0.3) is 0 Å². The highest BCUT2D eigenvalue weighted by molar-refractivity contribution is 7.89. The molecule has 1 saturated carbocycles. The Balaban J connectivity index is 2.13. The molecule has 0 aliphatic heterocycles. The van der Waals surface area contributed by atoms with Gasteiger partial charge >= 0.3 is 5.97 Å². The molecule has 1 unspecified atom stereocenters. The van der Waals surface area contributed by atoms with Crippen molar-refractivity contribution in [2.24, 2.45) is 11.1 Å². The number of nitrogens with two attached hydrogens (primary N) is 1. The number of carbonyl (C=O) groups is 2. The van der Waals surface area contributed by atoms with Crippen molar-refractivity contribution in [2.75, 3.05) is 7.11 Å². The minimum absolute atomic E-state index is 0.0134. The monoisotopic (exact) mass is 397 g/mol. The minimum atomic E-state index is -3.80. The van der Waals surface area contributed by atoms with Gasteiger partial charge in [-0.25, -0.2) is 13.6 Å². The van der Waals surface area contributed by atoms with Crippen LogP contribution in [-0.2, 0) is 30.8 Å². The first kappa shape index (κ1) is 21.5. The Kier molecular flexibility index (Phi) is 7.13. The quantitative estimate of drug-likeness (QED) is 0.483. The summed E-state index contributed by atoms with van der Waals surface area (Å²) in [6, 6.07) is 6.27. The van der Waals surface area contributed by atoms with Crippen LogP contribution >= 0.6 is 0 Å². The fraction of sp³-hybridized carbons (Fsp3) is 0.579. The van der Waals surface area contributed by atoms with Crippen LogP contribution in [-0.4, -0.2) is 38.0 Å². The van der Waals surface area contributed by atoms with Gasteiger partial charge in [0.1, 0.15) is 12.2 Å². The normalized spacial score (nSPS) is 17.4. The summed E-state index contributed by atoms with van der Waals surface area (Å²) in [5.41, 5.74) is -0.502. The van der Waals surface area contributed by atoms with Crippen molar-refractivity contribution < 1.29 is 27.9 Å². The average Bonchev–Trinajstić information content (AvgIpc) is 3.15. The molecule has 3 N–H and O–H groups in total. The van der Waals surface area contributed by atoms with E-state index in [0.717, 1.165) is 31.2 Å². The van der Waals surface area contributed by atoms with Crippen molar-refractivity contribution in [1.82, 2.24) is 0 Å². The number of rotatable bonds is 9. The van der Waals surface area contributed by atoms with E-state index >= 15 is 0 Å². The van der Waals surface area contributed by atoms with E-state index in [0.29, 0.717) is 12.8 Å². The number of primary sulfonamides is 1. The number of esters is 1. The van der Waals surface area contributed by atoms with Crippen LogP contribution in [0.25, 0.3) is 0 Å². The smallest absolute Gasteiger partial charge is 0.313 e. The van der Waals surface area contributed by atoms with Crippen molar-refractivity contribution in [2.45, 2.75) is 61.9 Å². The van der Waals surface area contributed by atoms with Gasteiger partial charge in [-0.2, -0.15) is 0 Å². The Morgan fingerprint density at radius 3 is 2.56 bits per heavy atom. The van der Waals surface area contributed by atoms with E-state index in [1.807, 2.05) is 0 Å². The Morgan fingerprint density at radius 1 is 1.30 bits per heavy atom. The van der Waals surface area contributed by atoms with Crippen LogP contribution in [0.5, 0.6) is 0 Å². The molecule has 0 amide bonds. The number of aliphatic hydroxyl groups is 1. The predicted octanol–water partition coefficient (Wildman–Crippen LogP) is 1.71. The number of Topliss-reactive ketones (excluding diaryl/α,β-unsaturated/α-hetero) is 1. The zero-order valence-electron chi connectivity index (χ0n) is 15.5. The van der Waals surface area contributed by atoms with Crippen molar-refractivity contribution in [1.29, 1.82) is 0 Å². The topological polar surface area (TPSA) is 124 Å². The summed E-state index contributed by atoms with van der Waals surface area (Å²) in [6.45, 7) is 0. The van der Waals surface area contributed by atoms with Gasteiger partial charge in [0.15, 0.2) is 0 Å². The number of hydrogen-bond donors (Lipinski definition) is 2. The van der Waals surface area contributed by atoms with Crippen molar-refractivity contribution in [3.8, 4) is 0 Å². The highest BCUT2D eigenvalue weighted by atomic mass is 32.2.